The molecule has 0 unspecified atom stereocenters. The molecule has 0 radical (unpaired) electrons. The minimum absolute atomic E-state index is 0.0833. The fourth-order valence-corrected chi connectivity index (χ4v) is 4.73. The number of benzene rings is 2. The Hall–Kier alpha value is -3.32. The van der Waals surface area contributed by atoms with Gasteiger partial charge in [0, 0.05) is 17.8 Å². The molecule has 0 N–H and O–H groups in total. The SMILES string of the molecule is Cc1ccccc1-c1nnc(SCC(=O)N2CCc3ccccc32)n1Cc1ccco1. The molecule has 0 bridgehead atoms. The van der Waals surface area contributed by atoms with Crippen LogP contribution in [0, 0.1) is 6.92 Å². The van der Waals surface area contributed by atoms with Crippen LogP contribution in [-0.2, 0) is 17.8 Å². The summed E-state index contributed by atoms with van der Waals surface area (Å²) in [6, 6.07) is 20.0. The number of hydrogen-bond acceptors (Lipinski definition) is 5. The van der Waals surface area contributed by atoms with Crippen molar-refractivity contribution in [2.45, 2.75) is 25.0 Å². The molecule has 4 aromatic rings. The fourth-order valence-electron chi connectivity index (χ4n) is 3.92. The van der Waals surface area contributed by atoms with Crippen LogP contribution in [0.2, 0.25) is 0 Å². The third-order valence-electron chi connectivity index (χ3n) is 5.51. The van der Waals surface area contributed by atoms with Crippen LogP contribution in [0.1, 0.15) is 16.9 Å². The van der Waals surface area contributed by atoms with Crippen LogP contribution >= 0.6 is 11.8 Å². The van der Waals surface area contributed by atoms with E-state index in [4.69, 9.17) is 4.42 Å². The Balaban J connectivity index is 1.40. The van der Waals surface area contributed by atoms with Crippen LogP contribution in [0.3, 0.4) is 0 Å². The topological polar surface area (TPSA) is 64.2 Å². The quantitative estimate of drug-likeness (QED) is 0.419. The zero-order valence-corrected chi connectivity index (χ0v) is 18.0. The monoisotopic (exact) mass is 430 g/mol. The number of rotatable bonds is 6. The highest BCUT2D eigenvalue weighted by atomic mass is 32.2. The summed E-state index contributed by atoms with van der Waals surface area (Å²) in [6.45, 7) is 3.29. The van der Waals surface area contributed by atoms with E-state index in [-0.39, 0.29) is 5.91 Å². The maximum Gasteiger partial charge on any atom is 0.237 e. The van der Waals surface area contributed by atoms with E-state index < -0.39 is 0 Å². The van der Waals surface area contributed by atoms with Crippen molar-refractivity contribution < 1.29 is 9.21 Å². The Labute approximate surface area is 184 Å². The molecule has 0 aliphatic carbocycles. The third kappa shape index (κ3) is 3.88. The van der Waals surface area contributed by atoms with E-state index in [1.165, 1.54) is 17.3 Å². The lowest BCUT2D eigenvalue weighted by Crippen LogP contribution is -2.30. The van der Waals surface area contributed by atoms with Crippen LogP contribution < -0.4 is 4.90 Å². The molecule has 2 aromatic heterocycles. The number of furan rings is 1. The van der Waals surface area contributed by atoms with E-state index in [2.05, 4.69) is 29.3 Å². The van der Waals surface area contributed by atoms with E-state index in [0.29, 0.717) is 17.5 Å². The number of amides is 1. The Kier molecular flexibility index (Phi) is 5.34. The van der Waals surface area contributed by atoms with E-state index in [1.807, 2.05) is 58.0 Å². The molecule has 31 heavy (non-hydrogen) atoms. The van der Waals surface area contributed by atoms with Crippen molar-refractivity contribution in [2.24, 2.45) is 0 Å². The van der Waals surface area contributed by atoms with Crippen molar-refractivity contribution in [1.29, 1.82) is 0 Å². The van der Waals surface area contributed by atoms with Crippen LogP contribution in [0.15, 0.2) is 76.5 Å². The molecule has 1 aliphatic rings. The highest BCUT2D eigenvalue weighted by Gasteiger charge is 2.25. The molecule has 7 heteroatoms. The van der Waals surface area contributed by atoms with Gasteiger partial charge in [0.2, 0.25) is 5.91 Å². The summed E-state index contributed by atoms with van der Waals surface area (Å²) in [4.78, 5) is 14.8. The van der Waals surface area contributed by atoms with Crippen molar-refractivity contribution in [3.05, 3.63) is 83.8 Å². The van der Waals surface area contributed by atoms with Crippen LogP contribution in [0.5, 0.6) is 0 Å². The molecule has 1 aliphatic heterocycles. The maximum atomic E-state index is 13.0. The van der Waals surface area contributed by atoms with Gasteiger partial charge >= 0.3 is 0 Å². The molecule has 0 spiro atoms. The number of para-hydroxylation sites is 1. The summed E-state index contributed by atoms with van der Waals surface area (Å²) in [5.41, 5.74) is 4.39. The van der Waals surface area contributed by atoms with Crippen LogP contribution in [0.25, 0.3) is 11.4 Å². The van der Waals surface area contributed by atoms with Gasteiger partial charge in [0.25, 0.3) is 0 Å². The van der Waals surface area contributed by atoms with Crippen LogP contribution in [-0.4, -0.2) is 33.0 Å². The highest BCUT2D eigenvalue weighted by molar-refractivity contribution is 7.99. The van der Waals surface area contributed by atoms with E-state index in [9.17, 15) is 4.79 Å². The van der Waals surface area contributed by atoms with Gasteiger partial charge in [0.05, 0.1) is 18.6 Å². The lowest BCUT2D eigenvalue weighted by atomic mass is 10.1. The van der Waals surface area contributed by atoms with Crippen molar-refractivity contribution in [2.75, 3.05) is 17.2 Å². The summed E-state index contributed by atoms with van der Waals surface area (Å²) >= 11 is 1.42. The van der Waals surface area contributed by atoms with Gasteiger partial charge < -0.3 is 9.32 Å². The first-order chi connectivity index (χ1) is 15.2. The average molecular weight is 431 g/mol. The summed E-state index contributed by atoms with van der Waals surface area (Å²) in [6.07, 6.45) is 2.56. The van der Waals surface area contributed by atoms with Crippen molar-refractivity contribution >= 4 is 23.4 Å². The molecule has 5 rings (SSSR count). The Morgan fingerprint density at radius 1 is 1.06 bits per heavy atom. The number of aryl methyl sites for hydroxylation is 1. The van der Waals surface area contributed by atoms with E-state index in [1.54, 1.807) is 6.26 Å². The van der Waals surface area contributed by atoms with Gasteiger partial charge in [0.15, 0.2) is 11.0 Å². The number of anilines is 1. The fraction of sp³-hybridized carbons (Fsp3) is 0.208. The Morgan fingerprint density at radius 3 is 2.74 bits per heavy atom. The summed E-state index contributed by atoms with van der Waals surface area (Å²) in [5.74, 6) is 1.98. The molecule has 0 saturated heterocycles. The van der Waals surface area contributed by atoms with Gasteiger partial charge in [-0.05, 0) is 42.7 Å². The van der Waals surface area contributed by atoms with Gasteiger partial charge in [-0.1, -0.05) is 54.2 Å². The minimum Gasteiger partial charge on any atom is -0.467 e. The second kappa shape index (κ2) is 8.43. The first-order valence-corrected chi connectivity index (χ1v) is 11.2. The number of thioether (sulfide) groups is 1. The van der Waals surface area contributed by atoms with Crippen molar-refractivity contribution in [3.63, 3.8) is 0 Å². The third-order valence-corrected chi connectivity index (χ3v) is 6.46. The molecule has 2 aromatic carbocycles. The lowest BCUT2D eigenvalue weighted by Gasteiger charge is -2.17. The molecular weight excluding hydrogens is 408 g/mol. The number of hydrogen-bond donors (Lipinski definition) is 0. The number of carbonyl (C=O) groups is 1. The summed E-state index contributed by atoms with van der Waals surface area (Å²) < 4.78 is 7.59. The van der Waals surface area contributed by atoms with Gasteiger partial charge in [-0.15, -0.1) is 10.2 Å². The Morgan fingerprint density at radius 2 is 1.90 bits per heavy atom. The first-order valence-electron chi connectivity index (χ1n) is 10.2. The molecule has 1 amide bonds. The zero-order valence-electron chi connectivity index (χ0n) is 17.2. The summed E-state index contributed by atoms with van der Waals surface area (Å²) in [5, 5.41) is 9.59. The van der Waals surface area contributed by atoms with Crippen molar-refractivity contribution in [1.82, 2.24) is 14.8 Å². The van der Waals surface area contributed by atoms with Gasteiger partial charge in [-0.3, -0.25) is 9.36 Å². The lowest BCUT2D eigenvalue weighted by molar-refractivity contribution is -0.116. The van der Waals surface area contributed by atoms with E-state index in [0.717, 1.165) is 41.4 Å². The molecule has 156 valence electrons. The molecule has 0 fully saturated rings. The number of aromatic nitrogens is 3. The molecular formula is C24H22N4O2S. The maximum absolute atomic E-state index is 13.0. The smallest absolute Gasteiger partial charge is 0.237 e. The highest BCUT2D eigenvalue weighted by Crippen LogP contribution is 2.30. The first kappa shape index (κ1) is 19.6. The Bertz CT molecular complexity index is 1220. The predicted octanol–water partition coefficient (Wildman–Crippen LogP) is 4.58. The molecule has 6 nitrogen and oxygen atoms in total. The zero-order chi connectivity index (χ0) is 21.2. The average Bonchev–Trinajstić information content (AvgIpc) is 3.53. The second-order valence-electron chi connectivity index (χ2n) is 7.50. The normalized spacial score (nSPS) is 12.9. The number of carbonyl (C=O) groups excluding carboxylic acids is 1. The second-order valence-corrected chi connectivity index (χ2v) is 8.44. The molecule has 0 atom stereocenters. The minimum atomic E-state index is 0.0833. The number of fused-ring (bicyclic) bond motifs is 1. The predicted molar refractivity (Wildman–Crippen MR) is 121 cm³/mol. The standard InChI is InChI=1S/C24H22N4O2S/c1-17-7-2-4-10-20(17)23-25-26-24(28(23)15-19-9-6-14-30-19)31-16-22(29)27-13-12-18-8-3-5-11-21(18)27/h2-11,14H,12-13,15-16H2,1H3. The van der Waals surface area contributed by atoms with Gasteiger partial charge in [-0.25, -0.2) is 0 Å². The summed E-state index contributed by atoms with van der Waals surface area (Å²) in [7, 11) is 0. The van der Waals surface area contributed by atoms with Crippen LogP contribution in [0.4, 0.5) is 5.69 Å². The van der Waals surface area contributed by atoms with Gasteiger partial charge in [0.1, 0.15) is 5.76 Å². The molecule has 0 saturated carbocycles. The van der Waals surface area contributed by atoms with Gasteiger partial charge in [-0.2, -0.15) is 0 Å². The van der Waals surface area contributed by atoms with Crippen molar-refractivity contribution in [3.8, 4) is 11.4 Å². The van der Waals surface area contributed by atoms with E-state index >= 15 is 0 Å². The largest absolute Gasteiger partial charge is 0.467 e. The number of nitrogens with zero attached hydrogens (tertiary/aromatic N) is 4. The molecule has 3 heterocycles.